The molecule has 1 aromatic rings. The van der Waals surface area contributed by atoms with E-state index in [1.807, 2.05) is 0 Å². The largest absolute Gasteiger partial charge is 0.424 e. The molecule has 4 heteroatoms. The van der Waals surface area contributed by atoms with Crippen molar-refractivity contribution < 1.29 is 4.42 Å². The second-order valence-electron chi connectivity index (χ2n) is 7.51. The zero-order chi connectivity index (χ0) is 13.8. The zero-order valence-electron chi connectivity index (χ0n) is 12.6. The molecular weight excluding hydrogens is 226 g/mol. The summed E-state index contributed by atoms with van der Waals surface area (Å²) in [4.78, 5) is 0. The lowest BCUT2D eigenvalue weighted by atomic mass is 10.0. The lowest BCUT2D eigenvalue weighted by molar-refractivity contribution is 0.366. The predicted molar refractivity (Wildman–Crippen MR) is 71.2 cm³/mol. The van der Waals surface area contributed by atoms with Crippen molar-refractivity contribution in [3.63, 3.8) is 0 Å². The van der Waals surface area contributed by atoms with E-state index in [1.165, 1.54) is 0 Å². The Bertz CT molecular complexity index is 426. The summed E-state index contributed by atoms with van der Waals surface area (Å²) in [6, 6.07) is 0. The summed E-state index contributed by atoms with van der Waals surface area (Å²) >= 11 is 0. The summed E-state index contributed by atoms with van der Waals surface area (Å²) in [6.07, 6.45) is 0. The fraction of sp³-hybridized carbons (Fsp3) is 0.857. The molecule has 1 saturated carbocycles. The molecule has 0 aliphatic heterocycles. The number of nitrogens with one attached hydrogen (secondary N) is 1. The second-order valence-corrected chi connectivity index (χ2v) is 7.51. The van der Waals surface area contributed by atoms with Crippen molar-refractivity contribution in [3.8, 4) is 0 Å². The van der Waals surface area contributed by atoms with Crippen LogP contribution < -0.4 is 5.32 Å². The molecule has 1 aliphatic rings. The van der Waals surface area contributed by atoms with Gasteiger partial charge >= 0.3 is 0 Å². The molecule has 1 fully saturated rings. The average molecular weight is 251 g/mol. The van der Waals surface area contributed by atoms with E-state index in [0.29, 0.717) is 18.4 Å². The summed E-state index contributed by atoms with van der Waals surface area (Å²) in [5.74, 6) is 1.84. The molecule has 0 unspecified atom stereocenters. The molecule has 0 amide bonds. The van der Waals surface area contributed by atoms with Gasteiger partial charge in [-0.1, -0.05) is 27.7 Å². The number of aromatic nitrogens is 2. The Morgan fingerprint density at radius 2 is 1.67 bits per heavy atom. The first-order chi connectivity index (χ1) is 8.06. The van der Waals surface area contributed by atoms with Gasteiger partial charge in [-0.2, -0.15) is 0 Å². The molecule has 0 atom stereocenters. The highest BCUT2D eigenvalue weighted by atomic mass is 16.4. The minimum atomic E-state index is 0.0623. The van der Waals surface area contributed by atoms with Gasteiger partial charge < -0.3 is 9.73 Å². The third kappa shape index (κ3) is 2.18. The van der Waals surface area contributed by atoms with Gasteiger partial charge in [0, 0.05) is 11.5 Å². The van der Waals surface area contributed by atoms with E-state index in [0.717, 1.165) is 5.89 Å². The lowest BCUT2D eigenvalue weighted by Gasteiger charge is -2.18. The molecule has 1 aromatic heterocycles. The van der Waals surface area contributed by atoms with E-state index < -0.39 is 0 Å². The van der Waals surface area contributed by atoms with Crippen molar-refractivity contribution in [2.24, 2.45) is 10.8 Å². The van der Waals surface area contributed by atoms with Gasteiger partial charge in [0.15, 0.2) is 0 Å². The summed E-state index contributed by atoms with van der Waals surface area (Å²) in [6.45, 7) is 16.0. The predicted octanol–water partition coefficient (Wildman–Crippen LogP) is 3.11. The SMILES string of the molecule is CC(C)(C)NCc1nnc(C2C(C)(C)C2(C)C)o1. The van der Waals surface area contributed by atoms with Gasteiger partial charge in [-0.05, 0) is 31.6 Å². The maximum Gasteiger partial charge on any atom is 0.230 e. The molecule has 1 N–H and O–H groups in total. The third-order valence-corrected chi connectivity index (χ3v) is 4.52. The van der Waals surface area contributed by atoms with Crippen molar-refractivity contribution in [2.75, 3.05) is 0 Å². The molecule has 0 radical (unpaired) electrons. The minimum absolute atomic E-state index is 0.0623. The summed E-state index contributed by atoms with van der Waals surface area (Å²) in [7, 11) is 0. The molecule has 4 nitrogen and oxygen atoms in total. The lowest BCUT2D eigenvalue weighted by Crippen LogP contribution is -2.35. The molecule has 0 bridgehead atoms. The maximum absolute atomic E-state index is 5.79. The van der Waals surface area contributed by atoms with Gasteiger partial charge in [-0.25, -0.2) is 0 Å². The van der Waals surface area contributed by atoms with E-state index in [-0.39, 0.29) is 16.4 Å². The van der Waals surface area contributed by atoms with Crippen molar-refractivity contribution in [2.45, 2.75) is 66.5 Å². The molecule has 0 saturated heterocycles. The quantitative estimate of drug-likeness (QED) is 0.896. The number of hydrogen-bond acceptors (Lipinski definition) is 4. The average Bonchev–Trinajstić information content (AvgIpc) is 2.56. The molecule has 0 aromatic carbocycles. The summed E-state index contributed by atoms with van der Waals surface area (Å²) in [5, 5.41) is 11.7. The highest BCUT2D eigenvalue weighted by molar-refractivity contribution is 5.24. The highest BCUT2D eigenvalue weighted by Crippen LogP contribution is 2.73. The maximum atomic E-state index is 5.79. The Morgan fingerprint density at radius 1 is 1.11 bits per heavy atom. The van der Waals surface area contributed by atoms with E-state index in [1.54, 1.807) is 0 Å². The van der Waals surface area contributed by atoms with Gasteiger partial charge in [0.1, 0.15) is 0 Å². The summed E-state index contributed by atoms with van der Waals surface area (Å²) in [5.41, 5.74) is 0.551. The molecule has 1 heterocycles. The summed E-state index contributed by atoms with van der Waals surface area (Å²) < 4.78 is 5.79. The topological polar surface area (TPSA) is 51.0 Å². The van der Waals surface area contributed by atoms with Crippen LogP contribution in [0.25, 0.3) is 0 Å². The molecule has 0 spiro atoms. The van der Waals surface area contributed by atoms with Crippen molar-refractivity contribution in [1.29, 1.82) is 0 Å². The molecule has 2 rings (SSSR count). The fourth-order valence-electron chi connectivity index (χ4n) is 2.61. The van der Waals surface area contributed by atoms with Crippen LogP contribution in [0.3, 0.4) is 0 Å². The fourth-order valence-corrected chi connectivity index (χ4v) is 2.61. The van der Waals surface area contributed by atoms with Crippen LogP contribution in [0, 0.1) is 10.8 Å². The van der Waals surface area contributed by atoms with E-state index in [2.05, 4.69) is 64.0 Å². The number of hydrogen-bond donors (Lipinski definition) is 1. The Kier molecular flexibility index (Phi) is 2.85. The van der Waals surface area contributed by atoms with Crippen LogP contribution in [0.5, 0.6) is 0 Å². The normalized spacial score (nSPS) is 22.2. The van der Waals surface area contributed by atoms with Gasteiger partial charge in [-0.3, -0.25) is 0 Å². The van der Waals surface area contributed by atoms with Crippen LogP contribution >= 0.6 is 0 Å². The van der Waals surface area contributed by atoms with Crippen LogP contribution in [0.15, 0.2) is 4.42 Å². The monoisotopic (exact) mass is 251 g/mol. The Morgan fingerprint density at radius 3 is 2.11 bits per heavy atom. The molecular formula is C14H25N3O. The Balaban J connectivity index is 2.05. The van der Waals surface area contributed by atoms with Crippen LogP contribution in [-0.2, 0) is 6.54 Å². The van der Waals surface area contributed by atoms with Gasteiger partial charge in [0.2, 0.25) is 11.8 Å². The zero-order valence-corrected chi connectivity index (χ0v) is 12.6. The number of rotatable bonds is 3. The molecule has 18 heavy (non-hydrogen) atoms. The first-order valence-electron chi connectivity index (χ1n) is 6.63. The molecule has 102 valence electrons. The highest BCUT2D eigenvalue weighted by Gasteiger charge is 2.67. The molecule has 1 aliphatic carbocycles. The van der Waals surface area contributed by atoms with Gasteiger partial charge in [0.05, 0.1) is 6.54 Å². The first-order valence-corrected chi connectivity index (χ1v) is 6.63. The Labute approximate surface area is 110 Å². The second kappa shape index (κ2) is 3.80. The van der Waals surface area contributed by atoms with Crippen LogP contribution in [0.1, 0.15) is 66.2 Å². The van der Waals surface area contributed by atoms with Crippen molar-refractivity contribution in [3.05, 3.63) is 11.8 Å². The Hall–Kier alpha value is -0.900. The smallest absolute Gasteiger partial charge is 0.230 e. The van der Waals surface area contributed by atoms with Gasteiger partial charge in [0.25, 0.3) is 0 Å². The van der Waals surface area contributed by atoms with Crippen molar-refractivity contribution in [1.82, 2.24) is 15.5 Å². The van der Waals surface area contributed by atoms with E-state index in [4.69, 9.17) is 4.42 Å². The van der Waals surface area contributed by atoms with Crippen LogP contribution in [-0.4, -0.2) is 15.7 Å². The van der Waals surface area contributed by atoms with Crippen molar-refractivity contribution >= 4 is 0 Å². The van der Waals surface area contributed by atoms with Crippen LogP contribution in [0.2, 0.25) is 0 Å². The third-order valence-electron chi connectivity index (χ3n) is 4.52. The number of nitrogens with zero attached hydrogens (tertiary/aromatic N) is 2. The first kappa shape index (κ1) is 13.5. The minimum Gasteiger partial charge on any atom is -0.424 e. The van der Waals surface area contributed by atoms with E-state index in [9.17, 15) is 0 Å². The van der Waals surface area contributed by atoms with Gasteiger partial charge in [-0.15, -0.1) is 10.2 Å². The van der Waals surface area contributed by atoms with Crippen LogP contribution in [0.4, 0.5) is 0 Å². The van der Waals surface area contributed by atoms with E-state index >= 15 is 0 Å². The standard InChI is InChI=1S/C14H25N3O/c1-12(2,3)15-8-9-16-17-11(18-9)10-13(4,5)14(10,6)7/h10,15H,8H2,1-7H3.